The van der Waals surface area contributed by atoms with Crippen molar-refractivity contribution in [2.24, 2.45) is 0 Å². The fraction of sp³-hybridized carbons (Fsp3) is 0.353. The molecule has 0 fully saturated rings. The summed E-state index contributed by atoms with van der Waals surface area (Å²) in [4.78, 5) is 14.0. The van der Waals surface area contributed by atoms with Crippen LogP contribution >= 0.6 is 11.6 Å². The molecule has 23 heavy (non-hydrogen) atoms. The van der Waals surface area contributed by atoms with Crippen LogP contribution in [0.2, 0.25) is 0 Å². The molecular formula is C17H20ClNO4. The Labute approximate surface area is 140 Å². The summed E-state index contributed by atoms with van der Waals surface area (Å²) >= 11 is 5.95. The summed E-state index contributed by atoms with van der Waals surface area (Å²) in [6.07, 6.45) is 0. The van der Waals surface area contributed by atoms with Gasteiger partial charge < -0.3 is 18.8 Å². The Morgan fingerprint density at radius 3 is 2.57 bits per heavy atom. The number of benzene rings is 1. The number of hydrogen-bond acceptors (Lipinski definition) is 4. The first-order valence-electron chi connectivity index (χ1n) is 7.17. The number of halogens is 1. The molecule has 1 aromatic carbocycles. The Morgan fingerprint density at radius 2 is 2.00 bits per heavy atom. The van der Waals surface area contributed by atoms with E-state index in [4.69, 9.17) is 25.5 Å². The number of alkyl halides is 1. The van der Waals surface area contributed by atoms with Crippen molar-refractivity contribution in [3.8, 4) is 11.5 Å². The van der Waals surface area contributed by atoms with Crippen LogP contribution in [0.3, 0.4) is 0 Å². The second-order valence-electron chi connectivity index (χ2n) is 5.13. The zero-order chi connectivity index (χ0) is 17.0. The van der Waals surface area contributed by atoms with Gasteiger partial charge in [-0.25, -0.2) is 0 Å². The van der Waals surface area contributed by atoms with E-state index < -0.39 is 0 Å². The quantitative estimate of drug-likeness (QED) is 0.751. The first-order chi connectivity index (χ1) is 11.0. The van der Waals surface area contributed by atoms with Crippen LogP contribution in [0, 0.1) is 0 Å². The van der Waals surface area contributed by atoms with E-state index in [0.29, 0.717) is 23.8 Å². The third-order valence-electron chi connectivity index (χ3n) is 3.47. The van der Waals surface area contributed by atoms with Crippen LogP contribution < -0.4 is 9.47 Å². The average molecular weight is 338 g/mol. The van der Waals surface area contributed by atoms with E-state index in [1.807, 2.05) is 18.2 Å². The van der Waals surface area contributed by atoms with E-state index in [1.54, 1.807) is 45.2 Å². The molecule has 0 N–H and O–H groups in total. The fourth-order valence-electron chi connectivity index (χ4n) is 2.28. The van der Waals surface area contributed by atoms with Crippen molar-refractivity contribution in [2.45, 2.75) is 18.8 Å². The number of carbonyl (C=O) groups is 1. The summed E-state index contributed by atoms with van der Waals surface area (Å²) in [5.41, 5.74) is 0.847. The van der Waals surface area contributed by atoms with Crippen LogP contribution in [0.5, 0.6) is 11.5 Å². The van der Waals surface area contributed by atoms with E-state index in [9.17, 15) is 4.79 Å². The minimum Gasteiger partial charge on any atom is -0.493 e. The molecule has 0 saturated carbocycles. The molecule has 1 aromatic heterocycles. The predicted octanol–water partition coefficient (Wildman–Crippen LogP) is 3.87. The number of amides is 1. The van der Waals surface area contributed by atoms with Crippen LogP contribution in [0.4, 0.5) is 0 Å². The molecule has 5 nitrogen and oxygen atoms in total. The topological polar surface area (TPSA) is 51.9 Å². The summed E-state index contributed by atoms with van der Waals surface area (Å²) in [6, 6.07) is 8.90. The van der Waals surface area contributed by atoms with Crippen molar-refractivity contribution in [1.29, 1.82) is 0 Å². The van der Waals surface area contributed by atoms with Crippen LogP contribution in [0.1, 0.15) is 34.2 Å². The maximum atomic E-state index is 12.5. The molecule has 124 valence electrons. The lowest BCUT2D eigenvalue weighted by atomic mass is 10.1. The van der Waals surface area contributed by atoms with Crippen LogP contribution in [-0.2, 0) is 6.54 Å². The zero-order valence-electron chi connectivity index (χ0n) is 13.6. The van der Waals surface area contributed by atoms with Gasteiger partial charge in [0.2, 0.25) is 0 Å². The molecule has 1 heterocycles. The highest BCUT2D eigenvalue weighted by atomic mass is 35.5. The number of methoxy groups -OCH3 is 2. The standard InChI is InChI=1S/C17H20ClNO4/c1-11(18)13-8-9-15(23-13)17(20)19(2)10-12-6-5-7-14(21-3)16(12)22-4/h5-9,11H,10H2,1-4H3. The molecule has 1 atom stereocenters. The Bertz CT molecular complexity index is 681. The van der Waals surface area contributed by atoms with Gasteiger partial charge in [-0.2, -0.15) is 0 Å². The first-order valence-corrected chi connectivity index (χ1v) is 7.60. The molecule has 0 saturated heterocycles. The molecule has 1 unspecified atom stereocenters. The third-order valence-corrected chi connectivity index (χ3v) is 3.68. The molecular weight excluding hydrogens is 318 g/mol. The van der Waals surface area contributed by atoms with Crippen molar-refractivity contribution in [3.63, 3.8) is 0 Å². The number of carbonyl (C=O) groups excluding carboxylic acids is 1. The highest BCUT2D eigenvalue weighted by Gasteiger charge is 2.19. The predicted molar refractivity (Wildman–Crippen MR) is 88.3 cm³/mol. The van der Waals surface area contributed by atoms with Gasteiger partial charge in [-0.05, 0) is 25.1 Å². The van der Waals surface area contributed by atoms with Crippen molar-refractivity contribution in [2.75, 3.05) is 21.3 Å². The molecule has 0 aliphatic rings. The summed E-state index contributed by atoms with van der Waals surface area (Å²) in [7, 11) is 4.85. The van der Waals surface area contributed by atoms with Gasteiger partial charge in [0.25, 0.3) is 5.91 Å². The zero-order valence-corrected chi connectivity index (χ0v) is 14.4. The van der Waals surface area contributed by atoms with E-state index in [2.05, 4.69) is 0 Å². The minimum absolute atomic E-state index is 0.224. The van der Waals surface area contributed by atoms with Crippen LogP contribution in [0.25, 0.3) is 0 Å². The Balaban J connectivity index is 2.18. The summed E-state index contributed by atoms with van der Waals surface area (Å²) in [5, 5.41) is -0.277. The minimum atomic E-state index is -0.277. The lowest BCUT2D eigenvalue weighted by Crippen LogP contribution is -2.26. The highest BCUT2D eigenvalue weighted by molar-refractivity contribution is 6.20. The molecule has 0 spiro atoms. The largest absolute Gasteiger partial charge is 0.493 e. The Hall–Kier alpha value is -2.14. The van der Waals surface area contributed by atoms with Crippen molar-refractivity contribution < 1.29 is 18.7 Å². The molecule has 2 aromatic rings. The fourth-order valence-corrected chi connectivity index (χ4v) is 2.39. The number of rotatable bonds is 6. The van der Waals surface area contributed by atoms with Gasteiger partial charge in [-0.3, -0.25) is 4.79 Å². The molecule has 0 radical (unpaired) electrons. The SMILES string of the molecule is COc1cccc(CN(C)C(=O)c2ccc(C(C)Cl)o2)c1OC. The van der Waals surface area contributed by atoms with Crippen LogP contribution in [-0.4, -0.2) is 32.1 Å². The smallest absolute Gasteiger partial charge is 0.289 e. The second-order valence-corrected chi connectivity index (χ2v) is 5.79. The van der Waals surface area contributed by atoms with Crippen molar-refractivity contribution in [1.82, 2.24) is 4.90 Å². The van der Waals surface area contributed by atoms with Crippen molar-refractivity contribution in [3.05, 3.63) is 47.4 Å². The van der Waals surface area contributed by atoms with Crippen molar-refractivity contribution >= 4 is 17.5 Å². The molecule has 0 aliphatic carbocycles. The van der Waals surface area contributed by atoms with Gasteiger partial charge in [0.15, 0.2) is 17.3 Å². The van der Waals surface area contributed by atoms with E-state index in [0.717, 1.165) is 5.56 Å². The van der Waals surface area contributed by atoms with E-state index >= 15 is 0 Å². The lowest BCUT2D eigenvalue weighted by molar-refractivity contribution is 0.0750. The lowest BCUT2D eigenvalue weighted by Gasteiger charge is -2.19. The Morgan fingerprint density at radius 1 is 1.26 bits per heavy atom. The Kier molecular flexibility index (Phi) is 5.55. The summed E-state index contributed by atoms with van der Waals surface area (Å²) < 4.78 is 16.1. The number of hydrogen-bond donors (Lipinski definition) is 0. The van der Waals surface area contributed by atoms with E-state index in [1.165, 1.54) is 0 Å². The van der Waals surface area contributed by atoms with Gasteiger partial charge in [-0.15, -0.1) is 11.6 Å². The maximum absolute atomic E-state index is 12.5. The first kappa shape index (κ1) is 17.2. The molecule has 0 bridgehead atoms. The number of para-hydroxylation sites is 1. The number of furan rings is 1. The maximum Gasteiger partial charge on any atom is 0.289 e. The van der Waals surface area contributed by atoms with Gasteiger partial charge >= 0.3 is 0 Å². The monoisotopic (exact) mass is 337 g/mol. The van der Waals surface area contributed by atoms with E-state index in [-0.39, 0.29) is 17.0 Å². The normalized spacial score (nSPS) is 11.9. The van der Waals surface area contributed by atoms with Gasteiger partial charge in [0.05, 0.1) is 19.6 Å². The molecule has 1 amide bonds. The third kappa shape index (κ3) is 3.79. The molecule has 0 aliphatic heterocycles. The highest BCUT2D eigenvalue weighted by Crippen LogP contribution is 2.31. The van der Waals surface area contributed by atoms with Crippen LogP contribution in [0.15, 0.2) is 34.7 Å². The van der Waals surface area contributed by atoms with Gasteiger partial charge in [0.1, 0.15) is 5.76 Å². The summed E-state index contributed by atoms with van der Waals surface area (Å²) in [6.45, 7) is 2.16. The van der Waals surface area contributed by atoms with Gasteiger partial charge in [0, 0.05) is 19.2 Å². The molecule has 2 rings (SSSR count). The summed E-state index contributed by atoms with van der Waals surface area (Å²) in [5.74, 6) is 1.85. The molecule has 6 heteroatoms. The number of nitrogens with zero attached hydrogens (tertiary/aromatic N) is 1. The number of ether oxygens (including phenoxy) is 2. The van der Waals surface area contributed by atoms with Gasteiger partial charge in [-0.1, -0.05) is 12.1 Å². The second kappa shape index (κ2) is 7.42. The average Bonchev–Trinajstić information content (AvgIpc) is 3.03.